The molecule has 0 unspecified atom stereocenters. The lowest BCUT2D eigenvalue weighted by atomic mass is 10.0. The number of benzene rings is 1. The van der Waals surface area contributed by atoms with Gasteiger partial charge in [0, 0.05) is 37.9 Å². The fraction of sp³-hybridized carbons (Fsp3) is 0.333. The maximum atomic E-state index is 6.41. The van der Waals surface area contributed by atoms with Gasteiger partial charge in [-0.3, -0.25) is 0 Å². The number of imidazole rings is 1. The van der Waals surface area contributed by atoms with Gasteiger partial charge in [0.05, 0.1) is 11.0 Å². The lowest BCUT2D eigenvalue weighted by molar-refractivity contribution is 0.394. The minimum absolute atomic E-state index is 0.433. The average molecular weight is 388 g/mol. The van der Waals surface area contributed by atoms with Crippen molar-refractivity contribution in [2.75, 3.05) is 23.7 Å². The van der Waals surface area contributed by atoms with Gasteiger partial charge in [-0.15, -0.1) is 0 Å². The standard InChI is InChI=1S/C21H24N8/c1-2-18-26-16-6-3-4-7-17(16)29(18)15-8-12-27(13-9-15)20-19(22)21(24-14-23-20)28-11-5-10-25-28/h3-7,10-11,14-15H,2,8-9,12-13,22H2,1H3. The molecule has 1 fully saturated rings. The summed E-state index contributed by atoms with van der Waals surface area (Å²) in [7, 11) is 0. The Balaban J connectivity index is 1.40. The summed E-state index contributed by atoms with van der Waals surface area (Å²) in [6, 6.07) is 10.7. The molecule has 1 saturated heterocycles. The number of piperidine rings is 1. The van der Waals surface area contributed by atoms with Gasteiger partial charge in [0.25, 0.3) is 0 Å². The largest absolute Gasteiger partial charge is 0.393 e. The maximum absolute atomic E-state index is 6.41. The monoisotopic (exact) mass is 388 g/mol. The summed E-state index contributed by atoms with van der Waals surface area (Å²) in [5, 5.41) is 4.25. The van der Waals surface area contributed by atoms with Crippen LogP contribution in [0.1, 0.15) is 31.6 Å². The lowest BCUT2D eigenvalue weighted by Crippen LogP contribution is -2.36. The van der Waals surface area contributed by atoms with Crippen LogP contribution in [0.3, 0.4) is 0 Å². The Kier molecular flexibility index (Phi) is 4.38. The summed E-state index contributed by atoms with van der Waals surface area (Å²) in [6.07, 6.45) is 8.09. The Morgan fingerprint density at radius 2 is 1.86 bits per heavy atom. The van der Waals surface area contributed by atoms with Crippen LogP contribution in [0.2, 0.25) is 0 Å². The molecule has 148 valence electrons. The first-order valence-electron chi connectivity index (χ1n) is 10.1. The fourth-order valence-corrected chi connectivity index (χ4v) is 4.29. The van der Waals surface area contributed by atoms with Crippen LogP contribution in [0.5, 0.6) is 0 Å². The summed E-state index contributed by atoms with van der Waals surface area (Å²) >= 11 is 0. The molecule has 1 aliphatic rings. The van der Waals surface area contributed by atoms with Crippen LogP contribution in [0.15, 0.2) is 49.1 Å². The maximum Gasteiger partial charge on any atom is 0.181 e. The van der Waals surface area contributed by atoms with E-state index in [4.69, 9.17) is 10.7 Å². The molecule has 0 radical (unpaired) electrons. The number of hydrogen-bond donors (Lipinski definition) is 1. The molecule has 4 aromatic rings. The van der Waals surface area contributed by atoms with E-state index >= 15 is 0 Å². The van der Waals surface area contributed by atoms with Crippen molar-refractivity contribution in [2.45, 2.75) is 32.2 Å². The van der Waals surface area contributed by atoms with Gasteiger partial charge in [-0.05, 0) is 31.0 Å². The summed E-state index contributed by atoms with van der Waals surface area (Å²) in [4.78, 5) is 15.9. The molecule has 8 heteroatoms. The molecule has 0 aliphatic carbocycles. The number of nitrogen functional groups attached to an aromatic ring is 1. The van der Waals surface area contributed by atoms with Crippen LogP contribution in [-0.2, 0) is 6.42 Å². The van der Waals surface area contributed by atoms with Crippen LogP contribution in [0.25, 0.3) is 16.9 Å². The summed E-state index contributed by atoms with van der Waals surface area (Å²) < 4.78 is 4.11. The number of fused-ring (bicyclic) bond motifs is 1. The topological polar surface area (TPSA) is 90.7 Å². The SMILES string of the molecule is CCc1nc2ccccc2n1C1CCN(c2ncnc(-n3cccn3)c2N)CC1. The van der Waals surface area contributed by atoms with Gasteiger partial charge in [-0.2, -0.15) is 5.10 Å². The zero-order valence-electron chi connectivity index (χ0n) is 16.4. The quantitative estimate of drug-likeness (QED) is 0.578. The molecule has 8 nitrogen and oxygen atoms in total. The molecular formula is C21H24N8. The number of aryl methyl sites for hydroxylation is 1. The molecule has 0 amide bonds. The third kappa shape index (κ3) is 3.00. The molecular weight excluding hydrogens is 364 g/mol. The van der Waals surface area contributed by atoms with Crippen molar-refractivity contribution in [3.63, 3.8) is 0 Å². The van der Waals surface area contributed by atoms with E-state index in [0.29, 0.717) is 17.5 Å². The number of para-hydroxylation sites is 2. The molecule has 3 aromatic heterocycles. The van der Waals surface area contributed by atoms with E-state index in [-0.39, 0.29) is 0 Å². The molecule has 0 saturated carbocycles. The van der Waals surface area contributed by atoms with Gasteiger partial charge >= 0.3 is 0 Å². The Labute approximate surface area is 169 Å². The van der Waals surface area contributed by atoms with Crippen LogP contribution in [0, 0.1) is 0 Å². The zero-order chi connectivity index (χ0) is 19.8. The zero-order valence-corrected chi connectivity index (χ0v) is 16.4. The highest BCUT2D eigenvalue weighted by atomic mass is 15.3. The van der Waals surface area contributed by atoms with Crippen molar-refractivity contribution in [3.05, 3.63) is 54.9 Å². The minimum Gasteiger partial charge on any atom is -0.393 e. The molecule has 0 atom stereocenters. The number of rotatable bonds is 4. The van der Waals surface area contributed by atoms with Crippen molar-refractivity contribution in [2.24, 2.45) is 0 Å². The van der Waals surface area contributed by atoms with E-state index in [1.807, 2.05) is 12.3 Å². The smallest absolute Gasteiger partial charge is 0.181 e. The molecule has 5 rings (SSSR count). The molecule has 4 heterocycles. The van der Waals surface area contributed by atoms with Gasteiger partial charge in [-0.1, -0.05) is 19.1 Å². The average Bonchev–Trinajstić information content (AvgIpc) is 3.42. The molecule has 0 spiro atoms. The molecule has 2 N–H and O–H groups in total. The number of aromatic nitrogens is 6. The minimum atomic E-state index is 0.433. The van der Waals surface area contributed by atoms with E-state index in [1.54, 1.807) is 17.2 Å². The predicted molar refractivity (Wildman–Crippen MR) is 113 cm³/mol. The van der Waals surface area contributed by atoms with Crippen molar-refractivity contribution >= 4 is 22.5 Å². The molecule has 1 aliphatic heterocycles. The van der Waals surface area contributed by atoms with Crippen molar-refractivity contribution in [1.29, 1.82) is 0 Å². The van der Waals surface area contributed by atoms with Gasteiger partial charge in [0.2, 0.25) is 0 Å². The second-order valence-corrected chi connectivity index (χ2v) is 7.34. The van der Waals surface area contributed by atoms with Gasteiger partial charge in [-0.25, -0.2) is 19.6 Å². The number of anilines is 2. The summed E-state index contributed by atoms with van der Waals surface area (Å²) in [5.74, 6) is 2.57. The Bertz CT molecular complexity index is 1120. The lowest BCUT2D eigenvalue weighted by Gasteiger charge is -2.34. The first kappa shape index (κ1) is 17.7. The third-order valence-corrected chi connectivity index (χ3v) is 5.68. The van der Waals surface area contributed by atoms with Crippen LogP contribution < -0.4 is 10.6 Å². The van der Waals surface area contributed by atoms with Crippen LogP contribution in [0.4, 0.5) is 11.5 Å². The molecule has 1 aromatic carbocycles. The van der Waals surface area contributed by atoms with Crippen LogP contribution in [-0.4, -0.2) is 42.4 Å². The van der Waals surface area contributed by atoms with Gasteiger partial charge < -0.3 is 15.2 Å². The highest BCUT2D eigenvalue weighted by molar-refractivity contribution is 5.76. The summed E-state index contributed by atoms with van der Waals surface area (Å²) in [5.41, 5.74) is 9.29. The second kappa shape index (κ2) is 7.20. The van der Waals surface area contributed by atoms with E-state index in [0.717, 1.165) is 49.5 Å². The Morgan fingerprint density at radius 1 is 1.07 bits per heavy atom. The highest BCUT2D eigenvalue weighted by Crippen LogP contribution is 2.33. The fourth-order valence-electron chi connectivity index (χ4n) is 4.29. The number of hydrogen-bond acceptors (Lipinski definition) is 6. The predicted octanol–water partition coefficient (Wildman–Crippen LogP) is 3.00. The van der Waals surface area contributed by atoms with E-state index in [9.17, 15) is 0 Å². The van der Waals surface area contributed by atoms with Gasteiger partial charge in [0.15, 0.2) is 11.6 Å². The Morgan fingerprint density at radius 3 is 2.62 bits per heavy atom. The van der Waals surface area contributed by atoms with Crippen molar-refractivity contribution in [3.8, 4) is 5.82 Å². The van der Waals surface area contributed by atoms with E-state index in [1.165, 1.54) is 5.52 Å². The first-order chi connectivity index (χ1) is 14.3. The molecule has 29 heavy (non-hydrogen) atoms. The van der Waals surface area contributed by atoms with E-state index in [2.05, 4.69) is 55.7 Å². The van der Waals surface area contributed by atoms with Crippen molar-refractivity contribution in [1.82, 2.24) is 29.3 Å². The third-order valence-electron chi connectivity index (χ3n) is 5.68. The highest BCUT2D eigenvalue weighted by Gasteiger charge is 2.26. The number of nitrogens with zero attached hydrogens (tertiary/aromatic N) is 7. The van der Waals surface area contributed by atoms with E-state index < -0.39 is 0 Å². The second-order valence-electron chi connectivity index (χ2n) is 7.34. The number of nitrogens with two attached hydrogens (primary N) is 1. The first-order valence-corrected chi connectivity index (χ1v) is 10.1. The van der Waals surface area contributed by atoms with Gasteiger partial charge in [0.1, 0.15) is 17.8 Å². The Hall–Kier alpha value is -3.42. The molecule has 0 bridgehead atoms. The van der Waals surface area contributed by atoms with Crippen LogP contribution >= 0.6 is 0 Å². The van der Waals surface area contributed by atoms with Crippen molar-refractivity contribution < 1.29 is 0 Å². The normalized spacial score (nSPS) is 15.3. The summed E-state index contributed by atoms with van der Waals surface area (Å²) in [6.45, 7) is 3.95.